The molecule has 1 saturated heterocycles. The first-order chi connectivity index (χ1) is 16.1. The zero-order valence-corrected chi connectivity index (χ0v) is 19.1. The summed E-state index contributed by atoms with van der Waals surface area (Å²) in [6.07, 6.45) is 3.44. The molecule has 0 amide bonds. The number of benzene rings is 3. The summed E-state index contributed by atoms with van der Waals surface area (Å²) in [7, 11) is 0. The summed E-state index contributed by atoms with van der Waals surface area (Å²) in [5, 5.41) is 4.03. The molecule has 0 aliphatic carbocycles. The molecule has 4 nitrogen and oxygen atoms in total. The maximum atomic E-state index is 13.7. The van der Waals surface area contributed by atoms with Crippen LogP contribution in [0.5, 0.6) is 0 Å². The van der Waals surface area contributed by atoms with Crippen LogP contribution in [0.2, 0.25) is 5.02 Å². The highest BCUT2D eigenvalue weighted by Gasteiger charge is 2.50. The van der Waals surface area contributed by atoms with E-state index < -0.39 is 12.0 Å². The number of hydrogen-bond acceptors (Lipinski definition) is 4. The van der Waals surface area contributed by atoms with Crippen molar-refractivity contribution in [1.29, 1.82) is 0 Å². The monoisotopic (exact) mass is 459 g/mol. The summed E-state index contributed by atoms with van der Waals surface area (Å²) in [4.78, 5) is 26.6. The van der Waals surface area contributed by atoms with Crippen LogP contribution >= 0.6 is 11.6 Å². The fraction of sp³-hybridized carbons (Fsp3) is 0.214. The van der Waals surface area contributed by atoms with Gasteiger partial charge in [0.2, 0.25) is 0 Å². The number of nitrogens with one attached hydrogen (secondary N) is 1. The molecular formula is C28H26ClNO3. The van der Waals surface area contributed by atoms with E-state index in [4.69, 9.17) is 16.3 Å². The molecule has 5 heteroatoms. The van der Waals surface area contributed by atoms with Crippen LogP contribution in [-0.2, 0) is 14.3 Å². The van der Waals surface area contributed by atoms with Crippen LogP contribution in [0.15, 0.2) is 91.0 Å². The Morgan fingerprint density at radius 3 is 2.18 bits per heavy atom. The Kier molecular flexibility index (Phi) is 7.38. The van der Waals surface area contributed by atoms with E-state index in [-0.39, 0.29) is 30.3 Å². The highest BCUT2D eigenvalue weighted by molar-refractivity contribution is 6.30. The zero-order valence-electron chi connectivity index (χ0n) is 18.4. The second-order valence-electron chi connectivity index (χ2n) is 8.03. The Labute approximate surface area is 199 Å². The second kappa shape index (κ2) is 10.6. The number of halogens is 1. The molecule has 4 rings (SSSR count). The molecule has 4 atom stereocenters. The predicted molar refractivity (Wildman–Crippen MR) is 131 cm³/mol. The van der Waals surface area contributed by atoms with E-state index in [0.29, 0.717) is 5.02 Å². The van der Waals surface area contributed by atoms with Gasteiger partial charge in [-0.05, 0) is 41.8 Å². The molecule has 1 fully saturated rings. The van der Waals surface area contributed by atoms with Crippen LogP contribution in [0, 0.1) is 5.92 Å². The topological polar surface area (TPSA) is 55.4 Å². The lowest BCUT2D eigenvalue weighted by Gasteiger charge is -2.24. The van der Waals surface area contributed by atoms with Crippen molar-refractivity contribution in [3.8, 4) is 0 Å². The van der Waals surface area contributed by atoms with Crippen LogP contribution in [0.3, 0.4) is 0 Å². The van der Waals surface area contributed by atoms with Gasteiger partial charge in [-0.25, -0.2) is 0 Å². The molecule has 1 aliphatic rings. The minimum absolute atomic E-state index is 0.0491. The molecule has 1 N–H and O–H groups in total. The van der Waals surface area contributed by atoms with Gasteiger partial charge in [-0.2, -0.15) is 0 Å². The number of ketones is 1. The molecule has 0 bridgehead atoms. The third-order valence-corrected chi connectivity index (χ3v) is 6.24. The third-order valence-electron chi connectivity index (χ3n) is 5.99. The van der Waals surface area contributed by atoms with E-state index in [1.807, 2.05) is 78.9 Å². The van der Waals surface area contributed by atoms with Crippen molar-refractivity contribution >= 4 is 29.4 Å². The predicted octanol–water partition coefficient (Wildman–Crippen LogP) is 5.60. The van der Waals surface area contributed by atoms with E-state index in [9.17, 15) is 9.59 Å². The standard InChI is InChI=1S/C28H26ClNO3/c1-2-33-28(32)27-24(20-11-7-4-8-12-20)25(23(31)18-13-19-9-5-3-6-10-19)26(30-27)21-14-16-22(29)17-15-21/h3-18,24-27,30H,2H2,1H3/b18-13+/t24-,25-,26-,27-/m0/s1. The molecule has 3 aromatic carbocycles. The van der Waals surface area contributed by atoms with Gasteiger partial charge in [0.05, 0.1) is 12.5 Å². The number of ether oxygens (including phenoxy) is 1. The molecule has 0 saturated carbocycles. The van der Waals surface area contributed by atoms with E-state index in [1.165, 1.54) is 0 Å². The summed E-state index contributed by atoms with van der Waals surface area (Å²) in [6, 6.07) is 25.8. The van der Waals surface area contributed by atoms with Gasteiger partial charge in [0.15, 0.2) is 5.78 Å². The lowest BCUT2D eigenvalue weighted by atomic mass is 9.77. The molecule has 33 heavy (non-hydrogen) atoms. The number of rotatable bonds is 7. The summed E-state index contributed by atoms with van der Waals surface area (Å²) in [6.45, 7) is 2.06. The Morgan fingerprint density at radius 2 is 1.55 bits per heavy atom. The van der Waals surface area contributed by atoms with Crippen molar-refractivity contribution in [3.05, 3.63) is 113 Å². The van der Waals surface area contributed by atoms with Crippen LogP contribution in [-0.4, -0.2) is 24.4 Å². The van der Waals surface area contributed by atoms with Gasteiger partial charge >= 0.3 is 5.97 Å². The van der Waals surface area contributed by atoms with Gasteiger partial charge in [0.1, 0.15) is 6.04 Å². The molecule has 1 aliphatic heterocycles. The van der Waals surface area contributed by atoms with Crippen LogP contribution < -0.4 is 5.32 Å². The van der Waals surface area contributed by atoms with Crippen LogP contribution in [0.25, 0.3) is 6.08 Å². The average Bonchev–Trinajstić information content (AvgIpc) is 3.25. The smallest absolute Gasteiger partial charge is 0.323 e. The fourth-order valence-corrected chi connectivity index (χ4v) is 4.63. The molecule has 1 heterocycles. The number of carbonyl (C=O) groups excluding carboxylic acids is 2. The van der Waals surface area contributed by atoms with Crippen molar-refractivity contribution in [2.75, 3.05) is 6.61 Å². The van der Waals surface area contributed by atoms with Crippen LogP contribution in [0.1, 0.15) is 35.6 Å². The second-order valence-corrected chi connectivity index (χ2v) is 8.47. The van der Waals surface area contributed by atoms with E-state index in [1.54, 1.807) is 25.1 Å². The average molecular weight is 460 g/mol. The number of allylic oxidation sites excluding steroid dienone is 1. The fourth-order valence-electron chi connectivity index (χ4n) is 4.51. The molecule has 0 radical (unpaired) electrons. The Balaban J connectivity index is 1.77. The van der Waals surface area contributed by atoms with Gasteiger partial charge < -0.3 is 4.74 Å². The van der Waals surface area contributed by atoms with Crippen molar-refractivity contribution in [2.24, 2.45) is 5.92 Å². The lowest BCUT2D eigenvalue weighted by molar-refractivity contribution is -0.145. The summed E-state index contributed by atoms with van der Waals surface area (Å²) < 4.78 is 5.39. The quantitative estimate of drug-likeness (QED) is 0.369. The molecule has 0 aromatic heterocycles. The van der Waals surface area contributed by atoms with Gasteiger partial charge in [0.25, 0.3) is 0 Å². The maximum absolute atomic E-state index is 13.7. The van der Waals surface area contributed by atoms with Crippen molar-refractivity contribution in [3.63, 3.8) is 0 Å². The molecule has 168 valence electrons. The minimum atomic E-state index is -0.646. The van der Waals surface area contributed by atoms with E-state index in [2.05, 4.69) is 5.32 Å². The molecular weight excluding hydrogens is 434 g/mol. The number of esters is 1. The Morgan fingerprint density at radius 1 is 0.909 bits per heavy atom. The summed E-state index contributed by atoms with van der Waals surface area (Å²) in [5.74, 6) is -1.28. The van der Waals surface area contributed by atoms with Crippen molar-refractivity contribution < 1.29 is 14.3 Å². The Hall–Kier alpha value is -3.21. The van der Waals surface area contributed by atoms with Crippen LogP contribution in [0.4, 0.5) is 0 Å². The highest BCUT2D eigenvalue weighted by atomic mass is 35.5. The SMILES string of the molecule is CCOC(=O)[C@H]1N[C@@H](c2ccc(Cl)cc2)[C@@H](C(=O)/C=C/c2ccccc2)[C@@H]1c1ccccc1. The van der Waals surface area contributed by atoms with Gasteiger partial charge in [-0.3, -0.25) is 14.9 Å². The van der Waals surface area contributed by atoms with E-state index >= 15 is 0 Å². The van der Waals surface area contributed by atoms with Gasteiger partial charge in [-0.1, -0.05) is 90.5 Å². The van der Waals surface area contributed by atoms with E-state index in [0.717, 1.165) is 16.7 Å². The Bertz CT molecular complexity index is 1110. The largest absolute Gasteiger partial charge is 0.465 e. The van der Waals surface area contributed by atoms with Crippen molar-refractivity contribution in [2.45, 2.75) is 24.9 Å². The minimum Gasteiger partial charge on any atom is -0.465 e. The first kappa shape index (κ1) is 23.0. The summed E-state index contributed by atoms with van der Waals surface area (Å²) in [5.41, 5.74) is 2.77. The van der Waals surface area contributed by atoms with Crippen molar-refractivity contribution in [1.82, 2.24) is 5.32 Å². The molecule has 0 spiro atoms. The first-order valence-corrected chi connectivity index (χ1v) is 11.5. The zero-order chi connectivity index (χ0) is 23.2. The summed E-state index contributed by atoms with van der Waals surface area (Å²) >= 11 is 6.11. The normalized spacial score (nSPS) is 22.4. The first-order valence-electron chi connectivity index (χ1n) is 11.1. The lowest BCUT2D eigenvalue weighted by Crippen LogP contribution is -2.37. The van der Waals surface area contributed by atoms with Gasteiger partial charge in [-0.15, -0.1) is 0 Å². The molecule has 3 aromatic rings. The van der Waals surface area contributed by atoms with Gasteiger partial charge in [0, 0.05) is 17.0 Å². The third kappa shape index (κ3) is 5.24. The maximum Gasteiger partial charge on any atom is 0.323 e. The highest BCUT2D eigenvalue weighted by Crippen LogP contribution is 2.44. The molecule has 0 unspecified atom stereocenters. The number of hydrogen-bond donors (Lipinski definition) is 1. The number of carbonyl (C=O) groups is 2.